The largest absolute Gasteiger partial charge is 0.324 e. The summed E-state index contributed by atoms with van der Waals surface area (Å²) in [6.45, 7) is 11.1. The third-order valence-corrected chi connectivity index (χ3v) is 3.91. The monoisotopic (exact) mass is 275 g/mol. The van der Waals surface area contributed by atoms with Gasteiger partial charge in [0, 0.05) is 29.5 Å². The summed E-state index contributed by atoms with van der Waals surface area (Å²) < 4.78 is 4.02. The molecule has 0 aliphatic heterocycles. The van der Waals surface area contributed by atoms with E-state index in [0.29, 0.717) is 12.6 Å². The Morgan fingerprint density at radius 2 is 1.95 bits per heavy atom. The van der Waals surface area contributed by atoms with Crippen LogP contribution < -0.4 is 5.73 Å². The second-order valence-corrected chi connectivity index (χ2v) is 5.58. The van der Waals surface area contributed by atoms with E-state index in [9.17, 15) is 0 Å². The molecule has 2 aromatic heterocycles. The van der Waals surface area contributed by atoms with Crippen LogP contribution in [0.5, 0.6) is 0 Å². The Hall–Kier alpha value is -1.62. The Morgan fingerprint density at radius 1 is 1.25 bits per heavy atom. The van der Waals surface area contributed by atoms with Crippen LogP contribution in [0.3, 0.4) is 0 Å². The van der Waals surface area contributed by atoms with Crippen LogP contribution >= 0.6 is 0 Å². The summed E-state index contributed by atoms with van der Waals surface area (Å²) in [7, 11) is 0. The van der Waals surface area contributed by atoms with Gasteiger partial charge in [0.25, 0.3) is 0 Å². The number of hydrogen-bond acceptors (Lipinski definition) is 3. The Kier molecular flexibility index (Phi) is 4.28. The minimum atomic E-state index is 0.0152. The highest BCUT2D eigenvalue weighted by molar-refractivity contribution is 5.27. The van der Waals surface area contributed by atoms with E-state index >= 15 is 0 Å². The Labute approximate surface area is 120 Å². The first-order chi connectivity index (χ1) is 9.43. The van der Waals surface area contributed by atoms with E-state index in [2.05, 4.69) is 37.0 Å². The molecule has 2 aromatic rings. The van der Waals surface area contributed by atoms with Gasteiger partial charge in [-0.1, -0.05) is 6.92 Å². The molecule has 0 aliphatic rings. The lowest BCUT2D eigenvalue weighted by molar-refractivity contribution is 0.470. The molecule has 0 fully saturated rings. The SMILES string of the molecule is CCC(C)n1ccc(Cn2nc(C)c(C(C)N)c2C)n1. The summed E-state index contributed by atoms with van der Waals surface area (Å²) in [5.41, 5.74) is 10.3. The molecule has 0 aliphatic carbocycles. The van der Waals surface area contributed by atoms with Gasteiger partial charge < -0.3 is 5.73 Å². The van der Waals surface area contributed by atoms with Crippen LogP contribution in [0, 0.1) is 13.8 Å². The second kappa shape index (κ2) is 5.79. The first-order valence-corrected chi connectivity index (χ1v) is 7.27. The lowest BCUT2D eigenvalue weighted by Gasteiger charge is -2.09. The Balaban J connectivity index is 2.22. The number of aromatic nitrogens is 4. The second-order valence-electron chi connectivity index (χ2n) is 5.58. The van der Waals surface area contributed by atoms with E-state index in [1.807, 2.05) is 29.4 Å². The first-order valence-electron chi connectivity index (χ1n) is 7.27. The molecular weight excluding hydrogens is 250 g/mol. The highest BCUT2D eigenvalue weighted by Gasteiger charge is 2.15. The molecule has 5 heteroatoms. The van der Waals surface area contributed by atoms with Crippen LogP contribution in [0.4, 0.5) is 0 Å². The molecule has 2 N–H and O–H groups in total. The maximum atomic E-state index is 6.01. The molecule has 2 unspecified atom stereocenters. The van der Waals surface area contributed by atoms with Crippen molar-refractivity contribution in [1.29, 1.82) is 0 Å². The summed E-state index contributed by atoms with van der Waals surface area (Å²) in [4.78, 5) is 0. The van der Waals surface area contributed by atoms with Crippen molar-refractivity contribution in [3.8, 4) is 0 Å². The van der Waals surface area contributed by atoms with Gasteiger partial charge in [-0.2, -0.15) is 10.2 Å². The summed E-state index contributed by atoms with van der Waals surface area (Å²) in [5.74, 6) is 0. The number of nitrogens with zero attached hydrogens (tertiary/aromatic N) is 4. The van der Waals surface area contributed by atoms with Gasteiger partial charge in [-0.25, -0.2) is 0 Å². The highest BCUT2D eigenvalue weighted by Crippen LogP contribution is 2.20. The average molecular weight is 275 g/mol. The summed E-state index contributed by atoms with van der Waals surface area (Å²) >= 11 is 0. The van der Waals surface area contributed by atoms with Crippen LogP contribution in [0.2, 0.25) is 0 Å². The van der Waals surface area contributed by atoms with Crippen LogP contribution in [0.15, 0.2) is 12.3 Å². The Morgan fingerprint density at radius 3 is 2.50 bits per heavy atom. The minimum Gasteiger partial charge on any atom is -0.324 e. The third kappa shape index (κ3) is 2.77. The third-order valence-electron chi connectivity index (χ3n) is 3.91. The van der Waals surface area contributed by atoms with E-state index in [-0.39, 0.29) is 6.04 Å². The Bertz CT molecular complexity index is 579. The molecule has 2 atom stereocenters. The van der Waals surface area contributed by atoms with Crippen molar-refractivity contribution in [2.24, 2.45) is 5.73 Å². The van der Waals surface area contributed by atoms with E-state index in [1.54, 1.807) is 0 Å². The van der Waals surface area contributed by atoms with Crippen LogP contribution in [-0.2, 0) is 6.54 Å². The van der Waals surface area contributed by atoms with Crippen molar-refractivity contribution in [1.82, 2.24) is 19.6 Å². The molecule has 0 bridgehead atoms. The van der Waals surface area contributed by atoms with E-state index in [1.165, 1.54) is 0 Å². The molecule has 0 amide bonds. The highest BCUT2D eigenvalue weighted by atomic mass is 15.3. The van der Waals surface area contributed by atoms with Gasteiger partial charge in [-0.05, 0) is 40.2 Å². The van der Waals surface area contributed by atoms with Gasteiger partial charge in [0.05, 0.1) is 17.9 Å². The van der Waals surface area contributed by atoms with E-state index in [0.717, 1.165) is 29.1 Å². The van der Waals surface area contributed by atoms with Crippen molar-refractivity contribution in [3.63, 3.8) is 0 Å². The number of rotatable bonds is 5. The van der Waals surface area contributed by atoms with Gasteiger partial charge in [-0.15, -0.1) is 0 Å². The fourth-order valence-corrected chi connectivity index (χ4v) is 2.57. The molecule has 5 nitrogen and oxygen atoms in total. The molecule has 0 aromatic carbocycles. The van der Waals surface area contributed by atoms with Crippen molar-refractivity contribution in [2.45, 2.75) is 59.7 Å². The maximum absolute atomic E-state index is 6.01. The zero-order valence-electron chi connectivity index (χ0n) is 13.1. The lowest BCUT2D eigenvalue weighted by atomic mass is 10.1. The average Bonchev–Trinajstić information content (AvgIpc) is 2.95. The van der Waals surface area contributed by atoms with Gasteiger partial charge in [0.2, 0.25) is 0 Å². The lowest BCUT2D eigenvalue weighted by Crippen LogP contribution is -2.10. The van der Waals surface area contributed by atoms with Crippen LogP contribution in [0.1, 0.15) is 61.9 Å². The van der Waals surface area contributed by atoms with Crippen molar-refractivity contribution in [2.75, 3.05) is 0 Å². The molecule has 0 saturated carbocycles. The topological polar surface area (TPSA) is 61.7 Å². The maximum Gasteiger partial charge on any atom is 0.0853 e. The molecule has 0 saturated heterocycles. The molecule has 0 radical (unpaired) electrons. The normalized spacial score (nSPS) is 14.5. The molecule has 2 heterocycles. The van der Waals surface area contributed by atoms with E-state index in [4.69, 9.17) is 5.73 Å². The first kappa shape index (κ1) is 14.8. The van der Waals surface area contributed by atoms with Gasteiger partial charge in [0.15, 0.2) is 0 Å². The van der Waals surface area contributed by atoms with Crippen LogP contribution in [0.25, 0.3) is 0 Å². The van der Waals surface area contributed by atoms with E-state index < -0.39 is 0 Å². The smallest absolute Gasteiger partial charge is 0.0853 e. The zero-order valence-corrected chi connectivity index (χ0v) is 13.1. The number of hydrogen-bond donors (Lipinski definition) is 1. The number of nitrogens with two attached hydrogens (primary N) is 1. The standard InChI is InChI=1S/C15H25N5/c1-6-10(2)19-8-7-14(18-19)9-20-13(5)15(11(3)16)12(4)17-20/h7-8,10-11H,6,9,16H2,1-5H3. The van der Waals surface area contributed by atoms with Gasteiger partial charge >= 0.3 is 0 Å². The molecule has 20 heavy (non-hydrogen) atoms. The summed E-state index contributed by atoms with van der Waals surface area (Å²) in [6.07, 6.45) is 3.12. The number of aryl methyl sites for hydroxylation is 1. The quantitative estimate of drug-likeness (QED) is 0.912. The summed E-state index contributed by atoms with van der Waals surface area (Å²) in [6, 6.07) is 2.51. The van der Waals surface area contributed by atoms with Crippen LogP contribution in [-0.4, -0.2) is 19.6 Å². The van der Waals surface area contributed by atoms with Crippen molar-refractivity contribution >= 4 is 0 Å². The van der Waals surface area contributed by atoms with Gasteiger partial charge in [-0.3, -0.25) is 9.36 Å². The fraction of sp³-hybridized carbons (Fsp3) is 0.600. The summed E-state index contributed by atoms with van der Waals surface area (Å²) in [5, 5.41) is 9.21. The molecule has 0 spiro atoms. The molecule has 2 rings (SSSR count). The predicted octanol–water partition coefficient (Wildman–Crippen LogP) is 2.74. The van der Waals surface area contributed by atoms with Gasteiger partial charge in [0.1, 0.15) is 0 Å². The fourth-order valence-electron chi connectivity index (χ4n) is 2.57. The zero-order chi connectivity index (χ0) is 14.9. The van der Waals surface area contributed by atoms with Crippen molar-refractivity contribution < 1.29 is 0 Å². The molecule has 110 valence electrons. The predicted molar refractivity (Wildman–Crippen MR) is 80.6 cm³/mol. The van der Waals surface area contributed by atoms with Crippen molar-refractivity contribution in [3.05, 3.63) is 34.9 Å². The molecular formula is C15H25N5. The minimum absolute atomic E-state index is 0.0152.